The molecule has 0 aliphatic carbocycles. The first-order valence-electron chi connectivity index (χ1n) is 6.64. The van der Waals surface area contributed by atoms with Crippen molar-refractivity contribution in [2.75, 3.05) is 18.9 Å². The molecule has 0 radical (unpaired) electrons. The molecule has 0 aliphatic heterocycles. The molecule has 0 unspecified atom stereocenters. The number of rotatable bonds is 7. The first-order valence-corrected chi connectivity index (χ1v) is 7.52. The van der Waals surface area contributed by atoms with E-state index >= 15 is 0 Å². The summed E-state index contributed by atoms with van der Waals surface area (Å²) in [6.07, 6.45) is 1.41. The molecule has 8 nitrogen and oxygen atoms in total. The Morgan fingerprint density at radius 3 is 2.70 bits per heavy atom. The van der Waals surface area contributed by atoms with Gasteiger partial charge in [0.05, 0.1) is 0 Å². The van der Waals surface area contributed by atoms with Crippen LogP contribution in [0.5, 0.6) is 0 Å². The molecular formula is C14H19N3O5S. The molecule has 0 saturated heterocycles. The van der Waals surface area contributed by atoms with Crippen LogP contribution in [0.2, 0.25) is 0 Å². The predicted molar refractivity (Wildman–Crippen MR) is 86.0 cm³/mol. The van der Waals surface area contributed by atoms with Crippen LogP contribution in [0.1, 0.15) is 26.5 Å². The number of hydrogen-bond donors (Lipinski definition) is 1. The number of nitrogen functional groups attached to an aromatic ring is 1. The lowest BCUT2D eigenvalue weighted by molar-refractivity contribution is -0.160. The minimum absolute atomic E-state index is 0.00351. The van der Waals surface area contributed by atoms with Crippen LogP contribution in [0.3, 0.4) is 0 Å². The largest absolute Gasteiger partial charge is 0.457 e. The van der Waals surface area contributed by atoms with Gasteiger partial charge in [0.15, 0.2) is 5.13 Å². The van der Waals surface area contributed by atoms with Gasteiger partial charge >= 0.3 is 11.9 Å². The second-order valence-corrected chi connectivity index (χ2v) is 6.15. The molecule has 0 atom stereocenters. The highest BCUT2D eigenvalue weighted by Gasteiger charge is 2.21. The summed E-state index contributed by atoms with van der Waals surface area (Å²) in [5.41, 5.74) is 4.90. The zero-order chi connectivity index (χ0) is 17.5. The van der Waals surface area contributed by atoms with E-state index in [-0.39, 0.29) is 23.1 Å². The number of aromatic nitrogens is 1. The minimum atomic E-state index is -0.764. The minimum Gasteiger partial charge on any atom is -0.457 e. The summed E-state index contributed by atoms with van der Waals surface area (Å²) < 4.78 is 9.95. The predicted octanol–water partition coefficient (Wildman–Crippen LogP) is 1.52. The molecule has 1 aromatic rings. The molecule has 0 amide bonds. The SMILES string of the molecule is C=CCOC(=O)C(=NOCC(=O)OC(C)(C)C)c1csc(N)n1. The molecule has 23 heavy (non-hydrogen) atoms. The van der Waals surface area contributed by atoms with Crippen molar-refractivity contribution in [1.29, 1.82) is 0 Å². The lowest BCUT2D eigenvalue weighted by Crippen LogP contribution is -2.26. The molecule has 2 N–H and O–H groups in total. The fraction of sp³-hybridized carbons (Fsp3) is 0.429. The van der Waals surface area contributed by atoms with Crippen molar-refractivity contribution in [3.05, 3.63) is 23.7 Å². The third-order valence-corrected chi connectivity index (χ3v) is 2.72. The van der Waals surface area contributed by atoms with Crippen molar-refractivity contribution in [1.82, 2.24) is 4.98 Å². The van der Waals surface area contributed by atoms with Gasteiger partial charge in [0, 0.05) is 5.38 Å². The highest BCUT2D eigenvalue weighted by molar-refractivity contribution is 7.13. The van der Waals surface area contributed by atoms with E-state index in [1.807, 2.05) is 0 Å². The van der Waals surface area contributed by atoms with Gasteiger partial charge in [0.1, 0.15) is 17.9 Å². The maximum atomic E-state index is 11.9. The van der Waals surface area contributed by atoms with Crippen molar-refractivity contribution in [3.63, 3.8) is 0 Å². The van der Waals surface area contributed by atoms with Gasteiger partial charge in [-0.2, -0.15) is 0 Å². The van der Waals surface area contributed by atoms with Gasteiger partial charge in [-0.15, -0.1) is 11.3 Å². The van der Waals surface area contributed by atoms with E-state index in [1.165, 1.54) is 11.5 Å². The van der Waals surface area contributed by atoms with Crippen LogP contribution in [0.15, 0.2) is 23.2 Å². The molecule has 0 aromatic carbocycles. The number of anilines is 1. The molecule has 0 saturated carbocycles. The van der Waals surface area contributed by atoms with Crippen molar-refractivity contribution in [2.45, 2.75) is 26.4 Å². The summed E-state index contributed by atoms with van der Waals surface area (Å²) in [4.78, 5) is 32.3. The van der Waals surface area contributed by atoms with Gasteiger partial charge in [0.25, 0.3) is 0 Å². The Labute approximate surface area is 137 Å². The Balaban J connectivity index is 2.77. The van der Waals surface area contributed by atoms with Crippen molar-refractivity contribution in [2.24, 2.45) is 5.16 Å². The quantitative estimate of drug-likeness (QED) is 0.346. The Kier molecular flexibility index (Phi) is 6.70. The second kappa shape index (κ2) is 8.28. The number of carbonyl (C=O) groups is 2. The molecular weight excluding hydrogens is 322 g/mol. The van der Waals surface area contributed by atoms with Gasteiger partial charge in [-0.05, 0) is 20.8 Å². The summed E-state index contributed by atoms with van der Waals surface area (Å²) in [6.45, 7) is 8.18. The van der Waals surface area contributed by atoms with E-state index < -0.39 is 24.1 Å². The maximum absolute atomic E-state index is 11.9. The number of ether oxygens (including phenoxy) is 2. The molecule has 9 heteroatoms. The van der Waals surface area contributed by atoms with Crippen LogP contribution in [-0.2, 0) is 23.9 Å². The van der Waals surface area contributed by atoms with E-state index in [1.54, 1.807) is 20.8 Å². The summed E-state index contributed by atoms with van der Waals surface area (Å²) in [7, 11) is 0. The Morgan fingerprint density at radius 2 is 2.17 bits per heavy atom. The average Bonchev–Trinajstić information content (AvgIpc) is 2.85. The van der Waals surface area contributed by atoms with Gasteiger partial charge in [-0.25, -0.2) is 14.6 Å². The zero-order valence-electron chi connectivity index (χ0n) is 13.2. The number of thiazole rings is 1. The van der Waals surface area contributed by atoms with Crippen molar-refractivity contribution < 1.29 is 23.9 Å². The van der Waals surface area contributed by atoms with E-state index in [0.29, 0.717) is 0 Å². The molecule has 0 bridgehead atoms. The normalized spacial score (nSPS) is 11.7. The van der Waals surface area contributed by atoms with Crippen LogP contribution < -0.4 is 5.73 Å². The Morgan fingerprint density at radius 1 is 1.48 bits per heavy atom. The number of nitrogens with two attached hydrogens (primary N) is 1. The number of oxime groups is 1. The first kappa shape index (κ1) is 18.6. The number of esters is 2. The summed E-state index contributed by atoms with van der Waals surface area (Å²) in [6, 6.07) is 0. The molecule has 126 valence electrons. The van der Waals surface area contributed by atoms with Gasteiger partial charge in [-0.3, -0.25) is 0 Å². The number of carbonyl (C=O) groups excluding carboxylic acids is 2. The molecule has 0 spiro atoms. The summed E-state index contributed by atoms with van der Waals surface area (Å²) in [5, 5.41) is 5.41. The lowest BCUT2D eigenvalue weighted by Gasteiger charge is -2.18. The molecule has 1 rings (SSSR count). The Bertz CT molecular complexity index is 604. The van der Waals surface area contributed by atoms with Crippen LogP contribution in [0, 0.1) is 0 Å². The van der Waals surface area contributed by atoms with Gasteiger partial charge < -0.3 is 20.0 Å². The standard InChI is InChI=1S/C14H19N3O5S/c1-5-6-20-12(19)11(9-8-23-13(15)16-9)17-21-7-10(18)22-14(2,3)4/h5,8H,1,6-7H2,2-4H3,(H2,15,16). The number of nitrogens with zero attached hydrogens (tertiary/aromatic N) is 2. The summed E-state index contributed by atoms with van der Waals surface area (Å²) >= 11 is 1.13. The maximum Gasteiger partial charge on any atom is 0.363 e. The van der Waals surface area contributed by atoms with E-state index in [0.717, 1.165) is 11.3 Å². The fourth-order valence-electron chi connectivity index (χ4n) is 1.31. The third kappa shape index (κ3) is 6.92. The highest BCUT2D eigenvalue weighted by atomic mass is 32.1. The van der Waals surface area contributed by atoms with Crippen LogP contribution in [0.25, 0.3) is 0 Å². The smallest absolute Gasteiger partial charge is 0.363 e. The van der Waals surface area contributed by atoms with E-state index in [9.17, 15) is 9.59 Å². The van der Waals surface area contributed by atoms with Crippen LogP contribution in [0.4, 0.5) is 5.13 Å². The van der Waals surface area contributed by atoms with Crippen LogP contribution >= 0.6 is 11.3 Å². The molecule has 1 heterocycles. The second-order valence-electron chi connectivity index (χ2n) is 5.26. The molecule has 0 fully saturated rings. The molecule has 1 aromatic heterocycles. The lowest BCUT2D eigenvalue weighted by atomic mass is 10.2. The van der Waals surface area contributed by atoms with Crippen molar-refractivity contribution >= 4 is 34.1 Å². The first-order chi connectivity index (χ1) is 10.7. The van der Waals surface area contributed by atoms with Gasteiger partial charge in [-0.1, -0.05) is 17.8 Å². The Hall–Kier alpha value is -2.42. The van der Waals surface area contributed by atoms with Crippen LogP contribution in [-0.4, -0.2) is 41.4 Å². The fourth-order valence-corrected chi connectivity index (χ4v) is 1.86. The highest BCUT2D eigenvalue weighted by Crippen LogP contribution is 2.13. The van der Waals surface area contributed by atoms with E-state index in [2.05, 4.69) is 16.7 Å². The topological polar surface area (TPSA) is 113 Å². The number of hydrogen-bond acceptors (Lipinski definition) is 9. The van der Waals surface area contributed by atoms with Crippen molar-refractivity contribution in [3.8, 4) is 0 Å². The molecule has 0 aliphatic rings. The zero-order valence-corrected chi connectivity index (χ0v) is 14.0. The monoisotopic (exact) mass is 341 g/mol. The van der Waals surface area contributed by atoms with E-state index in [4.69, 9.17) is 20.0 Å². The third-order valence-electron chi connectivity index (χ3n) is 2.05. The van der Waals surface area contributed by atoms with Gasteiger partial charge in [0.2, 0.25) is 12.3 Å². The average molecular weight is 341 g/mol. The summed E-state index contributed by atoms with van der Waals surface area (Å²) in [5.74, 6) is -1.38.